The van der Waals surface area contributed by atoms with Crippen LogP contribution in [-0.4, -0.2) is 59.1 Å². The predicted molar refractivity (Wildman–Crippen MR) is 113 cm³/mol. The van der Waals surface area contributed by atoms with Gasteiger partial charge in [-0.1, -0.05) is 30.3 Å². The van der Waals surface area contributed by atoms with Gasteiger partial charge in [-0.3, -0.25) is 19.4 Å². The van der Waals surface area contributed by atoms with Gasteiger partial charge in [-0.05, 0) is 24.8 Å². The normalized spacial score (nSPS) is 20.5. The lowest BCUT2D eigenvalue weighted by molar-refractivity contribution is -0.139. The Kier molecular flexibility index (Phi) is 8.43. The van der Waals surface area contributed by atoms with Gasteiger partial charge >= 0.3 is 0 Å². The van der Waals surface area contributed by atoms with E-state index in [-0.39, 0.29) is 23.5 Å². The van der Waals surface area contributed by atoms with Crippen LogP contribution in [0.1, 0.15) is 18.4 Å². The molecule has 29 heavy (non-hydrogen) atoms. The number of benzene rings is 1. The van der Waals surface area contributed by atoms with Gasteiger partial charge in [0, 0.05) is 13.1 Å². The van der Waals surface area contributed by atoms with Crippen LogP contribution in [0.15, 0.2) is 35.3 Å². The van der Waals surface area contributed by atoms with Crippen LogP contribution in [0.25, 0.3) is 0 Å². The SMILES string of the molecule is NC(=O)[C@H]1CN(N[C@@H](Cc2ccccc2)C(=O)S)[C@@H](CCCN=C(N)N)C(=O)N1. The molecule has 0 saturated carbocycles. The van der Waals surface area contributed by atoms with E-state index in [0.29, 0.717) is 25.8 Å². The molecule has 1 aliphatic heterocycles. The Morgan fingerprint density at radius 3 is 2.55 bits per heavy atom. The molecule has 0 unspecified atom stereocenters. The Balaban J connectivity index is 2.13. The number of hydrogen-bond acceptors (Lipinski definition) is 6. The number of piperazine rings is 1. The van der Waals surface area contributed by atoms with Crippen LogP contribution in [0.5, 0.6) is 0 Å². The van der Waals surface area contributed by atoms with E-state index in [1.54, 1.807) is 5.01 Å². The molecule has 1 saturated heterocycles. The number of carbonyl (C=O) groups excluding carboxylic acids is 3. The molecule has 2 amide bonds. The number of amides is 2. The van der Waals surface area contributed by atoms with Gasteiger partial charge in [-0.25, -0.2) is 10.4 Å². The molecular formula is C18H27N7O3S. The summed E-state index contributed by atoms with van der Waals surface area (Å²) < 4.78 is 0. The van der Waals surface area contributed by atoms with Crippen molar-refractivity contribution in [2.24, 2.45) is 22.2 Å². The van der Waals surface area contributed by atoms with Crippen LogP contribution >= 0.6 is 12.6 Å². The number of nitrogens with one attached hydrogen (secondary N) is 2. The third-order valence-corrected chi connectivity index (χ3v) is 4.86. The van der Waals surface area contributed by atoms with Crippen molar-refractivity contribution in [3.8, 4) is 0 Å². The molecule has 11 heteroatoms. The fraction of sp³-hybridized carbons (Fsp3) is 0.444. The average Bonchev–Trinajstić information content (AvgIpc) is 2.66. The Morgan fingerprint density at radius 2 is 1.97 bits per heavy atom. The van der Waals surface area contributed by atoms with Crippen molar-refractivity contribution in [3.63, 3.8) is 0 Å². The monoisotopic (exact) mass is 421 g/mol. The summed E-state index contributed by atoms with van der Waals surface area (Å²) in [6, 6.07) is 7.26. The van der Waals surface area contributed by atoms with Crippen LogP contribution in [0.4, 0.5) is 0 Å². The Labute approximate surface area is 174 Å². The molecule has 158 valence electrons. The lowest BCUT2D eigenvalue weighted by Crippen LogP contribution is -2.68. The maximum absolute atomic E-state index is 12.6. The lowest BCUT2D eigenvalue weighted by atomic mass is 10.0. The van der Waals surface area contributed by atoms with Crippen LogP contribution in [0.2, 0.25) is 0 Å². The van der Waals surface area contributed by atoms with E-state index in [1.165, 1.54) is 0 Å². The third kappa shape index (κ3) is 7.04. The molecule has 0 aliphatic carbocycles. The minimum atomic E-state index is -0.864. The number of nitrogens with two attached hydrogens (primary N) is 3. The molecule has 8 N–H and O–H groups in total. The minimum absolute atomic E-state index is 0.0227. The van der Waals surface area contributed by atoms with Crippen molar-refractivity contribution < 1.29 is 14.4 Å². The second kappa shape index (κ2) is 10.8. The number of carbonyl (C=O) groups is 3. The highest BCUT2D eigenvalue weighted by atomic mass is 32.1. The number of thiol groups is 1. The fourth-order valence-electron chi connectivity index (χ4n) is 3.10. The molecule has 0 radical (unpaired) electrons. The van der Waals surface area contributed by atoms with Gasteiger partial charge in [0.1, 0.15) is 12.1 Å². The summed E-state index contributed by atoms with van der Waals surface area (Å²) in [5.74, 6) is -1.03. The first-order valence-electron chi connectivity index (χ1n) is 9.22. The first-order chi connectivity index (χ1) is 13.8. The summed E-state index contributed by atoms with van der Waals surface area (Å²) in [5.41, 5.74) is 20.0. The zero-order chi connectivity index (χ0) is 21.4. The first-order valence-corrected chi connectivity index (χ1v) is 9.67. The first kappa shape index (κ1) is 22.7. The molecule has 0 aromatic heterocycles. The van der Waals surface area contributed by atoms with E-state index >= 15 is 0 Å². The number of guanidine groups is 1. The van der Waals surface area contributed by atoms with Crippen molar-refractivity contribution in [2.45, 2.75) is 37.4 Å². The molecule has 3 atom stereocenters. The Morgan fingerprint density at radius 1 is 1.28 bits per heavy atom. The van der Waals surface area contributed by atoms with Gasteiger partial charge in [-0.15, -0.1) is 12.6 Å². The molecule has 1 aromatic rings. The quantitative estimate of drug-likeness (QED) is 0.113. The minimum Gasteiger partial charge on any atom is -0.370 e. The highest BCUT2D eigenvalue weighted by Crippen LogP contribution is 2.14. The van der Waals surface area contributed by atoms with E-state index in [2.05, 4.69) is 28.4 Å². The van der Waals surface area contributed by atoms with Crippen molar-refractivity contribution in [1.82, 2.24) is 15.8 Å². The molecule has 1 aliphatic rings. The standard InChI is InChI=1S/C18H27N7O3S/c19-15(26)13-10-25(14(16(27)23-13)7-4-8-22-18(20)21)24-12(17(28)29)9-11-5-2-1-3-6-11/h1-3,5-6,12-14,24H,4,7-10H2,(H2,19,26)(H,23,27)(H,28,29)(H4,20,21,22)/t12-,13+,14-/m0/s1. The van der Waals surface area contributed by atoms with E-state index in [0.717, 1.165) is 5.56 Å². The highest BCUT2D eigenvalue weighted by molar-refractivity contribution is 7.96. The third-order valence-electron chi connectivity index (χ3n) is 4.55. The molecule has 1 fully saturated rings. The van der Waals surface area contributed by atoms with Crippen molar-refractivity contribution in [2.75, 3.05) is 13.1 Å². The van der Waals surface area contributed by atoms with Gasteiger partial charge < -0.3 is 22.5 Å². The summed E-state index contributed by atoms with van der Waals surface area (Å²) in [5, 5.41) is 3.82. The van der Waals surface area contributed by atoms with E-state index in [1.807, 2.05) is 30.3 Å². The number of aliphatic imine (C=N–C) groups is 1. The predicted octanol–water partition coefficient (Wildman–Crippen LogP) is -1.73. The van der Waals surface area contributed by atoms with E-state index in [4.69, 9.17) is 17.2 Å². The zero-order valence-corrected chi connectivity index (χ0v) is 16.8. The number of hydrazine groups is 1. The van der Waals surface area contributed by atoms with Crippen LogP contribution < -0.4 is 27.9 Å². The summed E-state index contributed by atoms with van der Waals surface area (Å²) in [7, 11) is 0. The smallest absolute Gasteiger partial charge is 0.241 e. The van der Waals surface area contributed by atoms with Crippen LogP contribution in [0.3, 0.4) is 0 Å². The van der Waals surface area contributed by atoms with Gasteiger partial charge in [-0.2, -0.15) is 0 Å². The molecular weight excluding hydrogens is 394 g/mol. The summed E-state index contributed by atoms with van der Waals surface area (Å²) in [6.07, 6.45) is 1.33. The summed E-state index contributed by atoms with van der Waals surface area (Å²) >= 11 is 3.98. The number of nitrogens with zero attached hydrogens (tertiary/aromatic N) is 2. The number of rotatable bonds is 10. The zero-order valence-electron chi connectivity index (χ0n) is 16.0. The molecule has 2 rings (SSSR count). The summed E-state index contributed by atoms with van der Waals surface area (Å²) in [6.45, 7) is 0.485. The van der Waals surface area contributed by atoms with Gasteiger partial charge in [0.05, 0.1) is 6.04 Å². The Hall–Kier alpha value is -2.63. The van der Waals surface area contributed by atoms with Gasteiger partial charge in [0.15, 0.2) is 5.96 Å². The molecule has 10 nitrogen and oxygen atoms in total. The maximum atomic E-state index is 12.6. The van der Waals surface area contributed by atoms with Crippen LogP contribution in [0, 0.1) is 0 Å². The molecule has 1 heterocycles. The lowest BCUT2D eigenvalue weighted by Gasteiger charge is -2.40. The average molecular weight is 422 g/mol. The Bertz CT molecular complexity index is 755. The molecule has 1 aromatic carbocycles. The topological polar surface area (TPSA) is 169 Å². The second-order valence-electron chi connectivity index (χ2n) is 6.79. The van der Waals surface area contributed by atoms with Crippen molar-refractivity contribution >= 4 is 35.5 Å². The number of hydrogen-bond donors (Lipinski definition) is 6. The molecule has 0 spiro atoms. The highest BCUT2D eigenvalue weighted by Gasteiger charge is 2.38. The number of primary amides is 1. The summed E-state index contributed by atoms with van der Waals surface area (Å²) in [4.78, 5) is 40.2. The second-order valence-corrected chi connectivity index (χ2v) is 7.23. The van der Waals surface area contributed by atoms with Gasteiger partial charge in [0.2, 0.25) is 16.9 Å². The molecule has 0 bridgehead atoms. The van der Waals surface area contributed by atoms with E-state index in [9.17, 15) is 14.4 Å². The largest absolute Gasteiger partial charge is 0.370 e. The van der Waals surface area contributed by atoms with E-state index < -0.39 is 24.0 Å². The fourth-order valence-corrected chi connectivity index (χ4v) is 3.25. The van der Waals surface area contributed by atoms with Crippen molar-refractivity contribution in [3.05, 3.63) is 35.9 Å². The maximum Gasteiger partial charge on any atom is 0.241 e. The van der Waals surface area contributed by atoms with Crippen molar-refractivity contribution in [1.29, 1.82) is 0 Å². The van der Waals surface area contributed by atoms with Gasteiger partial charge in [0.25, 0.3) is 0 Å². The van der Waals surface area contributed by atoms with Crippen LogP contribution in [-0.2, 0) is 20.8 Å².